The lowest BCUT2D eigenvalue weighted by atomic mass is 9.69. The molecule has 3 N–H and O–H groups in total. The zero-order chi connectivity index (χ0) is 22.0. The van der Waals surface area contributed by atoms with Gasteiger partial charge in [0.1, 0.15) is 17.9 Å². The van der Waals surface area contributed by atoms with E-state index in [0.29, 0.717) is 25.9 Å². The summed E-state index contributed by atoms with van der Waals surface area (Å²) in [6, 6.07) is 14.0. The summed E-state index contributed by atoms with van der Waals surface area (Å²) in [6.07, 6.45) is 4.25. The number of nitrogens with zero attached hydrogens (tertiary/aromatic N) is 1. The van der Waals surface area contributed by atoms with Crippen LogP contribution in [0.4, 0.5) is 0 Å². The summed E-state index contributed by atoms with van der Waals surface area (Å²) in [4.78, 5) is 38.4. The Balaban J connectivity index is 1.67. The number of amides is 2. The molecule has 1 fully saturated rings. The van der Waals surface area contributed by atoms with Gasteiger partial charge in [0.2, 0.25) is 0 Å². The molecular formula is C24H26N2O5. The maximum absolute atomic E-state index is 13.2. The largest absolute Gasteiger partial charge is 0.511 e. The first kappa shape index (κ1) is 20.9. The first-order valence-electron chi connectivity index (χ1n) is 10.6. The molecule has 0 radical (unpaired) electrons. The Kier molecular flexibility index (Phi) is 5.67. The molecular weight excluding hydrogens is 396 g/mol. The van der Waals surface area contributed by atoms with Crippen molar-refractivity contribution >= 4 is 28.6 Å². The quantitative estimate of drug-likeness (QED) is 0.642. The highest BCUT2D eigenvalue weighted by atomic mass is 16.4. The fourth-order valence-electron chi connectivity index (χ4n) is 4.79. The van der Waals surface area contributed by atoms with E-state index >= 15 is 0 Å². The highest BCUT2D eigenvalue weighted by Crippen LogP contribution is 2.46. The minimum Gasteiger partial charge on any atom is -0.511 e. The van der Waals surface area contributed by atoms with E-state index in [1.54, 1.807) is 4.90 Å². The molecule has 1 aliphatic heterocycles. The molecule has 4 rings (SSSR count). The van der Waals surface area contributed by atoms with Crippen LogP contribution in [-0.2, 0) is 20.9 Å². The lowest BCUT2D eigenvalue weighted by molar-refractivity contribution is -0.139. The van der Waals surface area contributed by atoms with E-state index < -0.39 is 29.7 Å². The highest BCUT2D eigenvalue weighted by Gasteiger charge is 2.47. The van der Waals surface area contributed by atoms with Gasteiger partial charge in [-0.15, -0.1) is 0 Å². The molecule has 2 amide bonds. The third-order valence-electron chi connectivity index (χ3n) is 6.36. The van der Waals surface area contributed by atoms with Gasteiger partial charge in [0.15, 0.2) is 0 Å². The summed E-state index contributed by atoms with van der Waals surface area (Å²) in [7, 11) is 0. The van der Waals surface area contributed by atoms with E-state index in [-0.39, 0.29) is 11.3 Å². The van der Waals surface area contributed by atoms with Crippen LogP contribution in [0, 0.1) is 5.41 Å². The number of rotatable bonds is 5. The molecule has 7 nitrogen and oxygen atoms in total. The van der Waals surface area contributed by atoms with Gasteiger partial charge in [0.25, 0.3) is 11.8 Å². The molecule has 31 heavy (non-hydrogen) atoms. The van der Waals surface area contributed by atoms with Crippen molar-refractivity contribution in [1.29, 1.82) is 0 Å². The number of aliphatic hydroxyl groups is 1. The van der Waals surface area contributed by atoms with Gasteiger partial charge in [-0.25, -0.2) is 0 Å². The fraction of sp³-hybridized carbons (Fsp3) is 0.375. The Hall–Kier alpha value is -3.35. The van der Waals surface area contributed by atoms with Gasteiger partial charge in [0, 0.05) is 18.5 Å². The number of carbonyl (C=O) groups excluding carboxylic acids is 2. The minimum atomic E-state index is -1.21. The number of hydrogen-bond acceptors (Lipinski definition) is 4. The second-order valence-corrected chi connectivity index (χ2v) is 8.48. The van der Waals surface area contributed by atoms with Crippen molar-refractivity contribution in [2.75, 3.05) is 13.1 Å². The summed E-state index contributed by atoms with van der Waals surface area (Å²) in [5, 5.41) is 24.3. The molecule has 0 aromatic heterocycles. The second-order valence-electron chi connectivity index (χ2n) is 8.48. The van der Waals surface area contributed by atoms with Crippen molar-refractivity contribution in [3.63, 3.8) is 0 Å². The standard InChI is InChI=1S/C24H26N2O5/c27-19(28)13-25-22(30)20-21(29)24(10-4-1-5-11-24)15-26(23(20)31)14-16-8-9-17-6-2-3-7-18(17)12-16/h2-3,6-9,12,29H,1,4-5,10-11,13-15H2,(H,25,30)(H,27,28). The monoisotopic (exact) mass is 422 g/mol. The lowest BCUT2D eigenvalue weighted by Crippen LogP contribution is -2.51. The molecule has 0 atom stereocenters. The average molecular weight is 422 g/mol. The third-order valence-corrected chi connectivity index (χ3v) is 6.36. The number of aliphatic hydroxyl groups excluding tert-OH is 1. The van der Waals surface area contributed by atoms with Crippen molar-refractivity contribution in [2.45, 2.75) is 38.6 Å². The summed E-state index contributed by atoms with van der Waals surface area (Å²) in [5.41, 5.74) is -0.0429. The smallest absolute Gasteiger partial charge is 0.322 e. The first-order valence-corrected chi connectivity index (χ1v) is 10.6. The van der Waals surface area contributed by atoms with Gasteiger partial charge in [-0.2, -0.15) is 0 Å². The highest BCUT2D eigenvalue weighted by molar-refractivity contribution is 6.19. The number of aliphatic carboxylic acids is 1. The molecule has 2 aromatic rings. The van der Waals surface area contributed by atoms with Crippen molar-refractivity contribution < 1.29 is 24.6 Å². The van der Waals surface area contributed by atoms with Crippen molar-refractivity contribution in [3.05, 3.63) is 59.4 Å². The Labute approximate surface area is 180 Å². The predicted molar refractivity (Wildman–Crippen MR) is 115 cm³/mol. The van der Waals surface area contributed by atoms with Crippen molar-refractivity contribution in [2.24, 2.45) is 5.41 Å². The molecule has 2 aromatic carbocycles. The van der Waals surface area contributed by atoms with Crippen LogP contribution in [0.2, 0.25) is 0 Å². The number of nitrogens with one attached hydrogen (secondary N) is 1. The van der Waals surface area contributed by atoms with Gasteiger partial charge in [-0.1, -0.05) is 55.7 Å². The second kappa shape index (κ2) is 8.41. The maximum Gasteiger partial charge on any atom is 0.322 e. The summed E-state index contributed by atoms with van der Waals surface area (Å²) in [6.45, 7) is 0.0508. The molecule has 1 saturated carbocycles. The Morgan fingerprint density at radius 2 is 1.74 bits per heavy atom. The van der Waals surface area contributed by atoms with Crippen molar-refractivity contribution in [1.82, 2.24) is 10.2 Å². The predicted octanol–water partition coefficient (Wildman–Crippen LogP) is 3.15. The summed E-state index contributed by atoms with van der Waals surface area (Å²) < 4.78 is 0. The Bertz CT molecular complexity index is 1070. The molecule has 0 bridgehead atoms. The topological polar surface area (TPSA) is 107 Å². The molecule has 0 saturated heterocycles. The molecule has 1 spiro atoms. The Morgan fingerprint density at radius 1 is 1.03 bits per heavy atom. The third kappa shape index (κ3) is 4.13. The number of carboxylic acids is 1. The van der Waals surface area contributed by atoms with E-state index in [0.717, 1.165) is 35.6 Å². The zero-order valence-corrected chi connectivity index (χ0v) is 17.3. The van der Waals surface area contributed by atoms with Gasteiger partial charge in [0.05, 0.1) is 0 Å². The normalized spacial score (nSPS) is 18.5. The van der Waals surface area contributed by atoms with Crippen LogP contribution >= 0.6 is 0 Å². The lowest BCUT2D eigenvalue weighted by Gasteiger charge is -2.44. The minimum absolute atomic E-state index is 0.185. The fourth-order valence-corrected chi connectivity index (χ4v) is 4.79. The number of hydrogen-bond donors (Lipinski definition) is 3. The molecule has 162 valence electrons. The molecule has 2 aliphatic rings. The maximum atomic E-state index is 13.2. The summed E-state index contributed by atoms with van der Waals surface area (Å²) >= 11 is 0. The number of carboxylic acid groups (broad SMARTS) is 1. The Morgan fingerprint density at radius 3 is 2.45 bits per heavy atom. The van der Waals surface area contributed by atoms with Crippen molar-refractivity contribution in [3.8, 4) is 0 Å². The van der Waals surface area contributed by atoms with Crippen LogP contribution in [-0.4, -0.2) is 46.0 Å². The summed E-state index contributed by atoms with van der Waals surface area (Å²) in [5.74, 6) is -2.80. The number of benzene rings is 2. The first-order chi connectivity index (χ1) is 14.9. The SMILES string of the molecule is O=C(O)CNC(=O)C1=C(O)C2(CCCCC2)CN(Cc2ccc3ccccc3c2)C1=O. The van der Waals surface area contributed by atoms with E-state index in [1.165, 1.54) is 0 Å². The van der Waals surface area contributed by atoms with Crippen LogP contribution in [0.1, 0.15) is 37.7 Å². The van der Waals surface area contributed by atoms with Gasteiger partial charge < -0.3 is 20.4 Å². The van der Waals surface area contributed by atoms with Gasteiger partial charge in [-0.05, 0) is 35.2 Å². The average Bonchev–Trinajstić information content (AvgIpc) is 2.77. The molecule has 1 aliphatic carbocycles. The van der Waals surface area contributed by atoms with Crippen LogP contribution in [0.15, 0.2) is 53.8 Å². The van der Waals surface area contributed by atoms with E-state index in [4.69, 9.17) is 5.11 Å². The van der Waals surface area contributed by atoms with Gasteiger partial charge >= 0.3 is 5.97 Å². The van der Waals surface area contributed by atoms with E-state index in [1.807, 2.05) is 42.5 Å². The molecule has 1 heterocycles. The van der Waals surface area contributed by atoms with E-state index in [9.17, 15) is 19.5 Å². The number of fused-ring (bicyclic) bond motifs is 1. The number of carbonyl (C=O) groups is 3. The van der Waals surface area contributed by atoms with Crippen LogP contribution < -0.4 is 5.32 Å². The van der Waals surface area contributed by atoms with Crippen LogP contribution in [0.3, 0.4) is 0 Å². The van der Waals surface area contributed by atoms with Gasteiger partial charge in [-0.3, -0.25) is 14.4 Å². The van der Waals surface area contributed by atoms with Crippen LogP contribution in [0.5, 0.6) is 0 Å². The zero-order valence-electron chi connectivity index (χ0n) is 17.3. The molecule has 7 heteroatoms. The van der Waals surface area contributed by atoms with Crippen LogP contribution in [0.25, 0.3) is 10.8 Å². The molecule has 0 unspecified atom stereocenters. The van der Waals surface area contributed by atoms with E-state index in [2.05, 4.69) is 5.32 Å².